The molecule has 0 radical (unpaired) electrons. The summed E-state index contributed by atoms with van der Waals surface area (Å²) in [7, 11) is 1.68. The number of ether oxygens (including phenoxy) is 3. The van der Waals surface area contributed by atoms with Crippen LogP contribution >= 0.6 is 0 Å². The van der Waals surface area contributed by atoms with Crippen molar-refractivity contribution in [2.75, 3.05) is 13.7 Å². The number of hydrogen-bond acceptors (Lipinski definition) is 3. The molecule has 0 spiro atoms. The summed E-state index contributed by atoms with van der Waals surface area (Å²) in [5, 5.41) is 0. The van der Waals surface area contributed by atoms with E-state index in [9.17, 15) is 0 Å². The van der Waals surface area contributed by atoms with Crippen molar-refractivity contribution in [1.29, 1.82) is 0 Å². The Kier molecular flexibility index (Phi) is 4.48. The third kappa shape index (κ3) is 3.28. The molecule has 2 unspecified atom stereocenters. The van der Waals surface area contributed by atoms with E-state index in [4.69, 9.17) is 14.2 Å². The van der Waals surface area contributed by atoms with Crippen LogP contribution in [0, 0.1) is 5.41 Å². The first-order chi connectivity index (χ1) is 9.06. The second-order valence-corrected chi connectivity index (χ2v) is 5.82. The van der Waals surface area contributed by atoms with Crippen molar-refractivity contribution in [3.8, 4) is 5.75 Å². The standard InChI is InChI=1S/C16H24O3/c1-5-6-14(17-4)19-13-9-7-12(8-10-13)15-16(2,3)11-18-15/h7-10,14-15H,5-6,11H2,1-4H3. The van der Waals surface area contributed by atoms with E-state index in [-0.39, 0.29) is 17.8 Å². The molecule has 1 fully saturated rings. The van der Waals surface area contributed by atoms with Crippen LogP contribution in [0.1, 0.15) is 45.3 Å². The van der Waals surface area contributed by atoms with Gasteiger partial charge in [0.1, 0.15) is 5.75 Å². The Hall–Kier alpha value is -1.06. The zero-order valence-electron chi connectivity index (χ0n) is 12.3. The molecule has 0 amide bonds. The van der Waals surface area contributed by atoms with Gasteiger partial charge in [0.15, 0.2) is 6.29 Å². The second kappa shape index (κ2) is 5.93. The quantitative estimate of drug-likeness (QED) is 0.728. The van der Waals surface area contributed by atoms with E-state index in [1.807, 2.05) is 12.1 Å². The summed E-state index contributed by atoms with van der Waals surface area (Å²) in [5.74, 6) is 0.848. The summed E-state index contributed by atoms with van der Waals surface area (Å²) >= 11 is 0. The zero-order valence-corrected chi connectivity index (χ0v) is 12.3. The molecule has 19 heavy (non-hydrogen) atoms. The minimum Gasteiger partial charge on any atom is -0.465 e. The average Bonchev–Trinajstić information content (AvgIpc) is 2.39. The molecule has 1 heterocycles. The summed E-state index contributed by atoms with van der Waals surface area (Å²) in [6, 6.07) is 8.16. The molecular formula is C16H24O3. The van der Waals surface area contributed by atoms with Gasteiger partial charge in [-0.25, -0.2) is 0 Å². The van der Waals surface area contributed by atoms with Gasteiger partial charge in [0.2, 0.25) is 0 Å². The van der Waals surface area contributed by atoms with Gasteiger partial charge in [-0.05, 0) is 17.7 Å². The fourth-order valence-electron chi connectivity index (χ4n) is 2.38. The van der Waals surface area contributed by atoms with Crippen LogP contribution < -0.4 is 4.74 Å². The van der Waals surface area contributed by atoms with Crippen molar-refractivity contribution >= 4 is 0 Å². The van der Waals surface area contributed by atoms with E-state index in [0.29, 0.717) is 0 Å². The highest BCUT2D eigenvalue weighted by molar-refractivity contribution is 5.30. The maximum absolute atomic E-state index is 5.78. The van der Waals surface area contributed by atoms with E-state index in [1.165, 1.54) is 5.56 Å². The predicted octanol–water partition coefficient (Wildman–Crippen LogP) is 3.94. The minimum absolute atomic E-state index is 0.160. The van der Waals surface area contributed by atoms with Crippen LogP contribution in [0.3, 0.4) is 0 Å². The lowest BCUT2D eigenvalue weighted by Crippen LogP contribution is -2.40. The van der Waals surface area contributed by atoms with Crippen molar-refractivity contribution in [2.24, 2.45) is 5.41 Å². The fraction of sp³-hybridized carbons (Fsp3) is 0.625. The molecule has 0 bridgehead atoms. The Balaban J connectivity index is 1.98. The first kappa shape index (κ1) is 14.4. The Bertz CT molecular complexity index is 397. The molecule has 1 aromatic rings. The Morgan fingerprint density at radius 3 is 2.42 bits per heavy atom. The van der Waals surface area contributed by atoms with E-state index < -0.39 is 0 Å². The van der Waals surface area contributed by atoms with Gasteiger partial charge in [-0.3, -0.25) is 0 Å². The van der Waals surface area contributed by atoms with Crippen LogP contribution in [0.25, 0.3) is 0 Å². The zero-order chi connectivity index (χ0) is 13.9. The first-order valence-corrected chi connectivity index (χ1v) is 6.98. The first-order valence-electron chi connectivity index (χ1n) is 6.98. The average molecular weight is 264 g/mol. The highest BCUT2D eigenvalue weighted by Gasteiger charge is 2.40. The SMILES string of the molecule is CCCC(OC)Oc1ccc(C2OCC2(C)C)cc1. The Morgan fingerprint density at radius 2 is 2.00 bits per heavy atom. The van der Waals surface area contributed by atoms with Crippen molar-refractivity contribution in [3.05, 3.63) is 29.8 Å². The van der Waals surface area contributed by atoms with Gasteiger partial charge in [0.25, 0.3) is 0 Å². The van der Waals surface area contributed by atoms with Crippen LogP contribution in [0.2, 0.25) is 0 Å². The lowest BCUT2D eigenvalue weighted by Gasteiger charge is -2.44. The monoisotopic (exact) mass is 264 g/mol. The van der Waals surface area contributed by atoms with Crippen molar-refractivity contribution < 1.29 is 14.2 Å². The van der Waals surface area contributed by atoms with Gasteiger partial charge in [-0.15, -0.1) is 0 Å². The number of rotatable bonds is 6. The molecule has 1 saturated heterocycles. The largest absolute Gasteiger partial charge is 0.465 e. The van der Waals surface area contributed by atoms with Crippen LogP contribution in [-0.4, -0.2) is 20.0 Å². The molecule has 3 nitrogen and oxygen atoms in total. The number of methoxy groups -OCH3 is 1. The highest BCUT2D eigenvalue weighted by Crippen LogP contribution is 2.45. The summed E-state index contributed by atoms with van der Waals surface area (Å²) in [4.78, 5) is 0. The maximum Gasteiger partial charge on any atom is 0.199 e. The molecule has 1 aromatic carbocycles. The van der Waals surface area contributed by atoms with Gasteiger partial charge in [-0.1, -0.05) is 39.3 Å². The predicted molar refractivity (Wildman–Crippen MR) is 75.2 cm³/mol. The summed E-state index contributed by atoms with van der Waals surface area (Å²) in [6.45, 7) is 7.41. The molecular weight excluding hydrogens is 240 g/mol. The molecule has 106 valence electrons. The molecule has 2 atom stereocenters. The van der Waals surface area contributed by atoms with Gasteiger partial charge in [0, 0.05) is 18.9 Å². The minimum atomic E-state index is -0.160. The van der Waals surface area contributed by atoms with Crippen LogP contribution in [0.4, 0.5) is 0 Å². The lowest BCUT2D eigenvalue weighted by atomic mass is 9.79. The van der Waals surface area contributed by atoms with Crippen molar-refractivity contribution in [2.45, 2.75) is 46.0 Å². The van der Waals surface area contributed by atoms with Crippen LogP contribution in [0.15, 0.2) is 24.3 Å². The lowest BCUT2D eigenvalue weighted by molar-refractivity contribution is -0.172. The molecule has 0 N–H and O–H groups in total. The molecule has 0 saturated carbocycles. The smallest absolute Gasteiger partial charge is 0.199 e. The van der Waals surface area contributed by atoms with Crippen molar-refractivity contribution in [3.63, 3.8) is 0 Å². The van der Waals surface area contributed by atoms with Gasteiger partial charge < -0.3 is 14.2 Å². The van der Waals surface area contributed by atoms with E-state index in [0.717, 1.165) is 25.2 Å². The van der Waals surface area contributed by atoms with Crippen molar-refractivity contribution in [1.82, 2.24) is 0 Å². The molecule has 0 aromatic heterocycles. The third-order valence-corrected chi connectivity index (χ3v) is 3.57. The Labute approximate surface area is 115 Å². The van der Waals surface area contributed by atoms with E-state index in [1.54, 1.807) is 7.11 Å². The van der Waals surface area contributed by atoms with Gasteiger partial charge in [0.05, 0.1) is 12.7 Å². The highest BCUT2D eigenvalue weighted by atomic mass is 16.7. The van der Waals surface area contributed by atoms with Crippen LogP contribution in [0.5, 0.6) is 5.75 Å². The van der Waals surface area contributed by atoms with Gasteiger partial charge >= 0.3 is 0 Å². The maximum atomic E-state index is 5.78. The molecule has 1 aliphatic rings. The number of hydrogen-bond donors (Lipinski definition) is 0. The number of benzene rings is 1. The van der Waals surface area contributed by atoms with E-state index in [2.05, 4.69) is 32.9 Å². The second-order valence-electron chi connectivity index (χ2n) is 5.82. The summed E-state index contributed by atoms with van der Waals surface area (Å²) < 4.78 is 16.7. The molecule has 0 aliphatic carbocycles. The molecule has 3 heteroatoms. The van der Waals surface area contributed by atoms with Gasteiger partial charge in [-0.2, -0.15) is 0 Å². The summed E-state index contributed by atoms with van der Waals surface area (Å²) in [5.41, 5.74) is 1.45. The normalized spacial score (nSPS) is 22.6. The van der Waals surface area contributed by atoms with E-state index >= 15 is 0 Å². The summed E-state index contributed by atoms with van der Waals surface area (Å²) in [6.07, 6.45) is 1.99. The topological polar surface area (TPSA) is 27.7 Å². The molecule has 1 aliphatic heterocycles. The Morgan fingerprint density at radius 1 is 1.32 bits per heavy atom. The molecule has 2 rings (SSSR count). The van der Waals surface area contributed by atoms with Crippen LogP contribution in [-0.2, 0) is 9.47 Å². The fourth-order valence-corrected chi connectivity index (χ4v) is 2.38. The third-order valence-electron chi connectivity index (χ3n) is 3.57.